The summed E-state index contributed by atoms with van der Waals surface area (Å²) in [5.74, 6) is 0.663. The van der Waals surface area contributed by atoms with Crippen molar-refractivity contribution in [2.24, 2.45) is 5.92 Å². The van der Waals surface area contributed by atoms with Gasteiger partial charge in [0.2, 0.25) is 0 Å². The number of carbonyl (C=O) groups excluding carboxylic acids is 1. The van der Waals surface area contributed by atoms with E-state index in [0.717, 1.165) is 4.47 Å². The van der Waals surface area contributed by atoms with Crippen LogP contribution in [0.15, 0.2) is 46.9 Å². The number of ether oxygens (including phenoxy) is 1. The molecule has 0 spiro atoms. The van der Waals surface area contributed by atoms with Crippen LogP contribution < -0.4 is 10.1 Å². The smallest absolute Gasteiger partial charge is 0.259 e. The number of benzene rings is 2. The summed E-state index contributed by atoms with van der Waals surface area (Å²) in [6, 6.07) is 14.1. The van der Waals surface area contributed by atoms with Crippen molar-refractivity contribution in [3.63, 3.8) is 0 Å². The number of halogens is 1. The molecule has 23 heavy (non-hydrogen) atoms. The third-order valence-corrected chi connectivity index (χ3v) is 3.52. The number of hydrogen-bond acceptors (Lipinski definition) is 3. The fraction of sp³-hybridized carbons (Fsp3) is 0.222. The van der Waals surface area contributed by atoms with Crippen molar-refractivity contribution >= 4 is 27.5 Å². The minimum atomic E-state index is -0.255. The molecule has 0 saturated heterocycles. The predicted octanol–water partition coefficient (Wildman–Crippen LogP) is 4.61. The molecule has 1 N–H and O–H groups in total. The number of amides is 1. The third-order valence-electron chi connectivity index (χ3n) is 3.03. The lowest BCUT2D eigenvalue weighted by Crippen LogP contribution is -2.15. The zero-order chi connectivity index (χ0) is 16.8. The van der Waals surface area contributed by atoms with Crippen LogP contribution in [-0.4, -0.2) is 12.5 Å². The third kappa shape index (κ3) is 4.83. The van der Waals surface area contributed by atoms with Gasteiger partial charge in [0.1, 0.15) is 5.75 Å². The Morgan fingerprint density at radius 1 is 1.26 bits per heavy atom. The second-order valence-corrected chi connectivity index (χ2v) is 6.40. The van der Waals surface area contributed by atoms with Crippen LogP contribution in [-0.2, 0) is 0 Å². The van der Waals surface area contributed by atoms with Gasteiger partial charge in [0.05, 0.1) is 23.8 Å². The van der Waals surface area contributed by atoms with E-state index in [-0.39, 0.29) is 5.91 Å². The van der Waals surface area contributed by atoms with Crippen LogP contribution in [0.25, 0.3) is 0 Å². The zero-order valence-electron chi connectivity index (χ0n) is 13.0. The maximum Gasteiger partial charge on any atom is 0.259 e. The van der Waals surface area contributed by atoms with Crippen LogP contribution in [0.3, 0.4) is 0 Å². The number of rotatable bonds is 5. The number of anilines is 1. The Hall–Kier alpha value is -2.32. The number of nitrogens with one attached hydrogen (secondary N) is 1. The fourth-order valence-corrected chi connectivity index (χ4v) is 2.25. The summed E-state index contributed by atoms with van der Waals surface area (Å²) in [6.07, 6.45) is 0. The molecular formula is C18H17BrN2O2. The molecule has 2 aromatic carbocycles. The first-order valence-electron chi connectivity index (χ1n) is 7.23. The number of hydrogen-bond donors (Lipinski definition) is 1. The molecule has 0 atom stereocenters. The second-order valence-electron chi connectivity index (χ2n) is 5.49. The Morgan fingerprint density at radius 2 is 1.96 bits per heavy atom. The molecule has 4 nitrogen and oxygen atoms in total. The monoisotopic (exact) mass is 372 g/mol. The molecule has 5 heteroatoms. The summed E-state index contributed by atoms with van der Waals surface area (Å²) in [6.45, 7) is 4.64. The minimum Gasteiger partial charge on any atom is -0.492 e. The van der Waals surface area contributed by atoms with Crippen molar-refractivity contribution in [2.45, 2.75) is 13.8 Å². The Balaban J connectivity index is 2.19. The molecule has 0 aromatic heterocycles. The van der Waals surface area contributed by atoms with E-state index in [1.54, 1.807) is 36.4 Å². The first-order chi connectivity index (χ1) is 11.0. The van der Waals surface area contributed by atoms with Crippen LogP contribution in [0, 0.1) is 17.2 Å². The summed E-state index contributed by atoms with van der Waals surface area (Å²) in [5, 5.41) is 11.6. The van der Waals surface area contributed by atoms with E-state index in [9.17, 15) is 4.79 Å². The molecule has 0 saturated carbocycles. The molecule has 2 aromatic rings. The molecule has 2 rings (SSSR count). The van der Waals surface area contributed by atoms with E-state index in [1.165, 1.54) is 0 Å². The molecule has 0 unspecified atom stereocenters. The highest BCUT2D eigenvalue weighted by Gasteiger charge is 2.14. The number of nitrogens with zero attached hydrogens (tertiary/aromatic N) is 1. The molecule has 0 aliphatic rings. The highest BCUT2D eigenvalue weighted by molar-refractivity contribution is 9.10. The average Bonchev–Trinajstić information content (AvgIpc) is 2.54. The second kappa shape index (κ2) is 7.80. The van der Waals surface area contributed by atoms with Gasteiger partial charge in [0, 0.05) is 10.2 Å². The lowest BCUT2D eigenvalue weighted by molar-refractivity contribution is 0.102. The van der Waals surface area contributed by atoms with E-state index in [2.05, 4.69) is 35.1 Å². The van der Waals surface area contributed by atoms with Gasteiger partial charge >= 0.3 is 0 Å². The van der Waals surface area contributed by atoms with Crippen molar-refractivity contribution < 1.29 is 9.53 Å². The van der Waals surface area contributed by atoms with E-state index in [4.69, 9.17) is 10.00 Å². The molecule has 0 fully saturated rings. The van der Waals surface area contributed by atoms with Gasteiger partial charge in [0.25, 0.3) is 5.91 Å². The summed E-state index contributed by atoms with van der Waals surface area (Å²) >= 11 is 3.38. The summed E-state index contributed by atoms with van der Waals surface area (Å²) < 4.78 is 6.53. The van der Waals surface area contributed by atoms with Crippen molar-refractivity contribution in [3.05, 3.63) is 58.1 Å². The van der Waals surface area contributed by atoms with Gasteiger partial charge < -0.3 is 10.1 Å². The van der Waals surface area contributed by atoms with Gasteiger partial charge in [-0.25, -0.2) is 0 Å². The van der Waals surface area contributed by atoms with Crippen LogP contribution in [0.5, 0.6) is 5.75 Å². The number of nitriles is 1. The first-order valence-corrected chi connectivity index (χ1v) is 8.02. The SMILES string of the molecule is CC(C)COc1ccc(Br)cc1C(=O)Nc1ccc(C#N)cc1. The van der Waals surface area contributed by atoms with Crippen LogP contribution in [0.4, 0.5) is 5.69 Å². The highest BCUT2D eigenvalue weighted by Crippen LogP contribution is 2.25. The number of carbonyl (C=O) groups is 1. The lowest BCUT2D eigenvalue weighted by Gasteiger charge is -2.13. The van der Waals surface area contributed by atoms with Crippen molar-refractivity contribution in [2.75, 3.05) is 11.9 Å². The minimum absolute atomic E-state index is 0.255. The van der Waals surface area contributed by atoms with Gasteiger partial charge in [-0.15, -0.1) is 0 Å². The summed E-state index contributed by atoms with van der Waals surface area (Å²) in [7, 11) is 0. The highest BCUT2D eigenvalue weighted by atomic mass is 79.9. The topological polar surface area (TPSA) is 62.1 Å². The Bertz CT molecular complexity index is 734. The summed E-state index contributed by atoms with van der Waals surface area (Å²) in [4.78, 5) is 12.5. The molecule has 0 aliphatic carbocycles. The Morgan fingerprint density at radius 3 is 2.57 bits per heavy atom. The summed E-state index contributed by atoms with van der Waals surface area (Å²) in [5.41, 5.74) is 1.64. The van der Waals surface area contributed by atoms with Gasteiger partial charge in [-0.1, -0.05) is 29.8 Å². The Kier molecular flexibility index (Phi) is 5.78. The first kappa shape index (κ1) is 17.0. The maximum absolute atomic E-state index is 12.5. The molecule has 1 amide bonds. The predicted molar refractivity (Wildman–Crippen MR) is 93.6 cm³/mol. The normalized spacial score (nSPS) is 10.2. The largest absolute Gasteiger partial charge is 0.492 e. The lowest BCUT2D eigenvalue weighted by atomic mass is 10.1. The molecule has 0 bridgehead atoms. The Labute approximate surface area is 144 Å². The zero-order valence-corrected chi connectivity index (χ0v) is 14.6. The van der Waals surface area contributed by atoms with Crippen LogP contribution in [0.2, 0.25) is 0 Å². The molecular weight excluding hydrogens is 356 g/mol. The van der Waals surface area contributed by atoms with E-state index in [1.807, 2.05) is 12.1 Å². The molecule has 0 aliphatic heterocycles. The quantitative estimate of drug-likeness (QED) is 0.833. The van der Waals surface area contributed by atoms with Gasteiger partial charge in [0.15, 0.2) is 0 Å². The fourth-order valence-electron chi connectivity index (χ4n) is 1.89. The van der Waals surface area contributed by atoms with Crippen molar-refractivity contribution in [1.29, 1.82) is 5.26 Å². The van der Waals surface area contributed by atoms with E-state index < -0.39 is 0 Å². The van der Waals surface area contributed by atoms with E-state index >= 15 is 0 Å². The van der Waals surface area contributed by atoms with Gasteiger partial charge in [-0.3, -0.25) is 4.79 Å². The van der Waals surface area contributed by atoms with E-state index in [0.29, 0.717) is 35.1 Å². The molecule has 0 radical (unpaired) electrons. The standard InChI is InChI=1S/C18H17BrN2O2/c1-12(2)11-23-17-8-5-14(19)9-16(17)18(22)21-15-6-3-13(10-20)4-7-15/h3-9,12H,11H2,1-2H3,(H,21,22). The van der Waals surface area contributed by atoms with Crippen molar-refractivity contribution in [1.82, 2.24) is 0 Å². The van der Waals surface area contributed by atoms with Gasteiger partial charge in [-0.05, 0) is 48.4 Å². The maximum atomic E-state index is 12.5. The average molecular weight is 373 g/mol. The van der Waals surface area contributed by atoms with Gasteiger partial charge in [-0.2, -0.15) is 5.26 Å². The van der Waals surface area contributed by atoms with Crippen LogP contribution in [0.1, 0.15) is 29.8 Å². The molecule has 0 heterocycles. The van der Waals surface area contributed by atoms with Crippen molar-refractivity contribution in [3.8, 4) is 11.8 Å². The van der Waals surface area contributed by atoms with Crippen LogP contribution >= 0.6 is 15.9 Å². The molecule has 118 valence electrons.